The van der Waals surface area contributed by atoms with Gasteiger partial charge in [0, 0.05) is 16.9 Å². The van der Waals surface area contributed by atoms with E-state index in [1.165, 1.54) is 19.4 Å². The van der Waals surface area contributed by atoms with Crippen LogP contribution in [0.15, 0.2) is 54.7 Å². The Morgan fingerprint density at radius 3 is 2.67 bits per heavy atom. The van der Waals surface area contributed by atoms with Gasteiger partial charge in [-0.3, -0.25) is 4.79 Å². The molecule has 2 N–H and O–H groups in total. The summed E-state index contributed by atoms with van der Waals surface area (Å²) in [7, 11) is 1.50. The summed E-state index contributed by atoms with van der Waals surface area (Å²) in [6.07, 6.45) is 1.48. The fraction of sp³-hybridized carbons (Fsp3) is 0.0526. The van der Waals surface area contributed by atoms with E-state index in [-0.39, 0.29) is 11.6 Å². The van der Waals surface area contributed by atoms with Crippen LogP contribution in [-0.4, -0.2) is 23.0 Å². The van der Waals surface area contributed by atoms with Gasteiger partial charge < -0.3 is 15.4 Å². The zero-order chi connectivity index (χ0) is 19.2. The van der Waals surface area contributed by atoms with E-state index < -0.39 is 5.91 Å². The maximum absolute atomic E-state index is 12.5. The molecule has 0 saturated heterocycles. The standard InChI is InChI=1S/C19H14ClN5O2/c1-27-17-7-4-13(20)10-16(17)24-18(26)15-8-9-22-19(25-15)23-14-5-2-12(11-21)3-6-14/h2-10H,1H3,(H,24,26)(H,22,23,25). The molecule has 8 heteroatoms. The molecule has 0 aliphatic carbocycles. The Balaban J connectivity index is 1.77. The lowest BCUT2D eigenvalue weighted by molar-refractivity contribution is 0.102. The minimum atomic E-state index is -0.430. The molecule has 0 radical (unpaired) electrons. The highest BCUT2D eigenvalue weighted by molar-refractivity contribution is 6.31. The van der Waals surface area contributed by atoms with Crippen molar-refractivity contribution in [3.8, 4) is 11.8 Å². The Bertz CT molecular complexity index is 1020. The summed E-state index contributed by atoms with van der Waals surface area (Å²) < 4.78 is 5.22. The van der Waals surface area contributed by atoms with Gasteiger partial charge in [0.15, 0.2) is 0 Å². The van der Waals surface area contributed by atoms with Gasteiger partial charge in [-0.2, -0.15) is 5.26 Å². The van der Waals surface area contributed by atoms with Crippen LogP contribution in [0.4, 0.5) is 17.3 Å². The highest BCUT2D eigenvalue weighted by Crippen LogP contribution is 2.28. The molecule has 1 amide bonds. The van der Waals surface area contributed by atoms with Crippen molar-refractivity contribution in [2.75, 3.05) is 17.7 Å². The molecule has 7 nitrogen and oxygen atoms in total. The van der Waals surface area contributed by atoms with Crippen molar-refractivity contribution < 1.29 is 9.53 Å². The molecular weight excluding hydrogens is 366 g/mol. The van der Waals surface area contributed by atoms with E-state index >= 15 is 0 Å². The van der Waals surface area contributed by atoms with Crippen LogP contribution < -0.4 is 15.4 Å². The third kappa shape index (κ3) is 4.51. The molecule has 1 heterocycles. The number of hydrogen-bond acceptors (Lipinski definition) is 6. The van der Waals surface area contributed by atoms with Crippen LogP contribution in [0.3, 0.4) is 0 Å². The maximum Gasteiger partial charge on any atom is 0.274 e. The van der Waals surface area contributed by atoms with E-state index in [2.05, 4.69) is 20.6 Å². The van der Waals surface area contributed by atoms with Gasteiger partial charge in [-0.15, -0.1) is 0 Å². The van der Waals surface area contributed by atoms with E-state index in [1.54, 1.807) is 42.5 Å². The minimum absolute atomic E-state index is 0.170. The van der Waals surface area contributed by atoms with Gasteiger partial charge in [-0.25, -0.2) is 9.97 Å². The Morgan fingerprint density at radius 1 is 1.19 bits per heavy atom. The fourth-order valence-electron chi connectivity index (χ4n) is 2.27. The molecule has 3 aromatic rings. The first kappa shape index (κ1) is 18.2. The van der Waals surface area contributed by atoms with Crippen LogP contribution in [0, 0.1) is 11.3 Å². The molecule has 134 valence electrons. The number of hydrogen-bond donors (Lipinski definition) is 2. The van der Waals surface area contributed by atoms with E-state index in [0.29, 0.717) is 27.7 Å². The second kappa shape index (κ2) is 8.17. The van der Waals surface area contributed by atoms with Gasteiger partial charge in [0.2, 0.25) is 5.95 Å². The van der Waals surface area contributed by atoms with Crippen LogP contribution in [-0.2, 0) is 0 Å². The molecular formula is C19H14ClN5O2. The quantitative estimate of drug-likeness (QED) is 0.694. The van der Waals surface area contributed by atoms with Gasteiger partial charge in [0.1, 0.15) is 11.4 Å². The van der Waals surface area contributed by atoms with Crippen molar-refractivity contribution in [3.05, 3.63) is 71.0 Å². The monoisotopic (exact) mass is 379 g/mol. The molecule has 3 rings (SSSR count). The van der Waals surface area contributed by atoms with E-state index in [9.17, 15) is 4.79 Å². The van der Waals surface area contributed by atoms with Crippen molar-refractivity contribution in [2.45, 2.75) is 0 Å². The van der Waals surface area contributed by atoms with Crippen molar-refractivity contribution >= 4 is 34.8 Å². The third-order valence-electron chi connectivity index (χ3n) is 3.57. The number of methoxy groups -OCH3 is 1. The van der Waals surface area contributed by atoms with Gasteiger partial charge in [0.05, 0.1) is 24.4 Å². The SMILES string of the molecule is COc1ccc(Cl)cc1NC(=O)c1ccnc(Nc2ccc(C#N)cc2)n1. The summed E-state index contributed by atoms with van der Waals surface area (Å²) in [6, 6.07) is 15.3. The lowest BCUT2D eigenvalue weighted by Crippen LogP contribution is -2.15. The number of nitrogens with zero attached hydrogens (tertiary/aromatic N) is 3. The molecule has 0 aliphatic rings. The molecule has 0 saturated carbocycles. The Hall–Kier alpha value is -3.63. The predicted octanol–water partition coefficient (Wildman–Crippen LogP) is 4.01. The lowest BCUT2D eigenvalue weighted by Gasteiger charge is -2.11. The first-order valence-corrected chi connectivity index (χ1v) is 8.22. The summed E-state index contributed by atoms with van der Waals surface area (Å²) in [5, 5.41) is 15.0. The number of aromatic nitrogens is 2. The van der Waals surface area contributed by atoms with E-state index in [0.717, 1.165) is 0 Å². The topological polar surface area (TPSA) is 99.9 Å². The van der Waals surface area contributed by atoms with Gasteiger partial charge in [0.25, 0.3) is 5.91 Å². The molecule has 0 unspecified atom stereocenters. The van der Waals surface area contributed by atoms with Crippen LogP contribution in [0.5, 0.6) is 5.75 Å². The Labute approximate surface area is 160 Å². The van der Waals surface area contributed by atoms with E-state index in [4.69, 9.17) is 21.6 Å². The minimum Gasteiger partial charge on any atom is -0.495 e. The van der Waals surface area contributed by atoms with Gasteiger partial charge in [-0.05, 0) is 48.5 Å². The van der Waals surface area contributed by atoms with E-state index in [1.807, 2.05) is 6.07 Å². The summed E-state index contributed by atoms with van der Waals surface area (Å²) >= 11 is 5.98. The Kier molecular flexibility index (Phi) is 5.50. The largest absolute Gasteiger partial charge is 0.495 e. The number of ether oxygens (including phenoxy) is 1. The number of halogens is 1. The number of anilines is 3. The van der Waals surface area contributed by atoms with Crippen molar-refractivity contribution in [3.63, 3.8) is 0 Å². The average Bonchev–Trinajstić information content (AvgIpc) is 2.69. The highest BCUT2D eigenvalue weighted by Gasteiger charge is 2.13. The zero-order valence-corrected chi connectivity index (χ0v) is 15.0. The number of carbonyl (C=O) groups is 1. The van der Waals surface area contributed by atoms with Gasteiger partial charge >= 0.3 is 0 Å². The molecule has 0 spiro atoms. The third-order valence-corrected chi connectivity index (χ3v) is 3.80. The number of amides is 1. The molecule has 0 atom stereocenters. The smallest absolute Gasteiger partial charge is 0.274 e. The lowest BCUT2D eigenvalue weighted by atomic mass is 10.2. The fourth-order valence-corrected chi connectivity index (χ4v) is 2.44. The number of nitrogens with one attached hydrogen (secondary N) is 2. The summed E-state index contributed by atoms with van der Waals surface area (Å²) in [6.45, 7) is 0. The molecule has 0 bridgehead atoms. The molecule has 0 aliphatic heterocycles. The summed E-state index contributed by atoms with van der Waals surface area (Å²) in [4.78, 5) is 20.8. The summed E-state index contributed by atoms with van der Waals surface area (Å²) in [5.74, 6) is 0.309. The summed E-state index contributed by atoms with van der Waals surface area (Å²) in [5.41, 5.74) is 1.85. The number of benzene rings is 2. The second-order valence-electron chi connectivity index (χ2n) is 5.38. The first-order valence-electron chi connectivity index (χ1n) is 7.84. The van der Waals surface area contributed by atoms with Crippen LogP contribution in [0.25, 0.3) is 0 Å². The van der Waals surface area contributed by atoms with Gasteiger partial charge in [-0.1, -0.05) is 11.6 Å². The number of carbonyl (C=O) groups excluding carboxylic acids is 1. The van der Waals surface area contributed by atoms with Crippen molar-refractivity contribution in [1.29, 1.82) is 5.26 Å². The predicted molar refractivity (Wildman–Crippen MR) is 102 cm³/mol. The average molecular weight is 380 g/mol. The normalized spacial score (nSPS) is 9.96. The van der Waals surface area contributed by atoms with Crippen LogP contribution in [0.2, 0.25) is 5.02 Å². The number of rotatable bonds is 5. The maximum atomic E-state index is 12.5. The Morgan fingerprint density at radius 2 is 1.96 bits per heavy atom. The second-order valence-corrected chi connectivity index (χ2v) is 5.81. The van der Waals surface area contributed by atoms with Crippen molar-refractivity contribution in [2.24, 2.45) is 0 Å². The molecule has 2 aromatic carbocycles. The van der Waals surface area contributed by atoms with Crippen LogP contribution in [0.1, 0.15) is 16.1 Å². The van der Waals surface area contributed by atoms with Crippen molar-refractivity contribution in [1.82, 2.24) is 9.97 Å². The van der Waals surface area contributed by atoms with Crippen LogP contribution >= 0.6 is 11.6 Å². The first-order chi connectivity index (χ1) is 13.1. The molecule has 1 aromatic heterocycles. The molecule has 27 heavy (non-hydrogen) atoms. The zero-order valence-electron chi connectivity index (χ0n) is 14.2. The number of nitriles is 1. The highest BCUT2D eigenvalue weighted by atomic mass is 35.5. The molecule has 0 fully saturated rings.